The van der Waals surface area contributed by atoms with Gasteiger partial charge in [-0.1, -0.05) is 22.0 Å². The number of hydrogen-bond donors (Lipinski definition) is 1. The van der Waals surface area contributed by atoms with Crippen LogP contribution in [0.2, 0.25) is 0 Å². The van der Waals surface area contributed by atoms with Gasteiger partial charge in [0, 0.05) is 15.9 Å². The van der Waals surface area contributed by atoms with E-state index in [0.717, 1.165) is 22.0 Å². The fourth-order valence-corrected chi connectivity index (χ4v) is 5.71. The number of hydrogen-bond acceptors (Lipinski definition) is 3. The predicted octanol–water partition coefficient (Wildman–Crippen LogP) is 4.03. The number of nitrogens with zero attached hydrogens (tertiary/aromatic N) is 1. The number of halogens is 2. The molecule has 27 heavy (non-hydrogen) atoms. The zero-order valence-corrected chi connectivity index (χ0v) is 17.1. The van der Waals surface area contributed by atoms with Crippen LogP contribution in [0.25, 0.3) is 0 Å². The van der Waals surface area contributed by atoms with Gasteiger partial charge in [-0.3, -0.25) is 9.69 Å². The van der Waals surface area contributed by atoms with Crippen LogP contribution < -0.4 is 5.32 Å². The van der Waals surface area contributed by atoms with E-state index in [2.05, 4.69) is 21.2 Å². The zero-order chi connectivity index (χ0) is 19.4. The second kappa shape index (κ2) is 6.55. The van der Waals surface area contributed by atoms with Crippen LogP contribution in [0.3, 0.4) is 0 Å². The first-order chi connectivity index (χ1) is 12.8. The van der Waals surface area contributed by atoms with Crippen molar-refractivity contribution < 1.29 is 18.7 Å². The molecule has 1 unspecified atom stereocenters. The van der Waals surface area contributed by atoms with Crippen molar-refractivity contribution in [1.29, 1.82) is 0 Å². The molecule has 1 aromatic carbocycles. The molecule has 2 fully saturated rings. The minimum atomic E-state index is -1.05. The molecule has 7 heteroatoms. The normalized spacial score (nSPS) is 32.6. The van der Waals surface area contributed by atoms with Gasteiger partial charge in [-0.15, -0.1) is 0 Å². The zero-order valence-electron chi connectivity index (χ0n) is 15.6. The topological polar surface area (TPSA) is 58.6 Å². The molecule has 1 atom stereocenters. The summed E-state index contributed by atoms with van der Waals surface area (Å²) in [7, 11) is 0. The largest absolute Gasteiger partial charge is 0.347 e. The van der Waals surface area contributed by atoms with Crippen molar-refractivity contribution in [3.05, 3.63) is 33.8 Å². The molecule has 0 aromatic heterocycles. The Kier molecular flexibility index (Phi) is 4.58. The first-order valence-electron chi connectivity index (χ1n) is 9.47. The number of urea groups is 1. The van der Waals surface area contributed by atoms with Gasteiger partial charge < -0.3 is 10.1 Å². The maximum atomic E-state index is 13.7. The molecule has 0 radical (unpaired) electrons. The van der Waals surface area contributed by atoms with Gasteiger partial charge in [-0.25, -0.2) is 9.18 Å². The Morgan fingerprint density at radius 2 is 2.04 bits per heavy atom. The molecule has 2 spiro atoms. The van der Waals surface area contributed by atoms with Crippen LogP contribution in [0.4, 0.5) is 9.18 Å². The number of alkyl halides is 1. The Bertz CT molecular complexity index is 791. The Hall–Kier alpha value is -1.47. The van der Waals surface area contributed by atoms with Gasteiger partial charge in [0.05, 0.1) is 6.10 Å². The summed E-state index contributed by atoms with van der Waals surface area (Å²) in [6.45, 7) is 2.92. The molecule has 3 aliphatic rings. The van der Waals surface area contributed by atoms with Crippen LogP contribution in [0.1, 0.15) is 50.7 Å². The van der Waals surface area contributed by atoms with Gasteiger partial charge in [0.1, 0.15) is 0 Å². The highest BCUT2D eigenvalue weighted by atomic mass is 79.9. The molecule has 1 saturated carbocycles. The summed E-state index contributed by atoms with van der Waals surface area (Å²) in [6, 6.07) is 5.44. The van der Waals surface area contributed by atoms with Gasteiger partial charge in [0.2, 0.25) is 0 Å². The fourth-order valence-electron chi connectivity index (χ4n) is 5.34. The number of fused-ring (bicyclic) bond motifs is 3. The first kappa shape index (κ1) is 18.9. The highest BCUT2D eigenvalue weighted by Crippen LogP contribution is 2.60. The maximum absolute atomic E-state index is 13.7. The standard InChI is InChI=1S/C20H24BrFN2O3/c1-12(2)24-17(25)20(23-18(24)26)16-9-14(21)4-3-13(16)10-19(20)7-5-15(6-8-19)27-11-22/h3-4,9,12,15H,5-8,10-11H2,1-2H3,(H,23,26). The van der Waals surface area contributed by atoms with Gasteiger partial charge in [-0.05, 0) is 69.2 Å². The first-order valence-corrected chi connectivity index (χ1v) is 10.3. The lowest BCUT2D eigenvalue weighted by atomic mass is 9.61. The van der Waals surface area contributed by atoms with Crippen LogP contribution >= 0.6 is 15.9 Å². The number of imide groups is 1. The highest BCUT2D eigenvalue weighted by Gasteiger charge is 2.68. The third kappa shape index (κ3) is 2.58. The van der Waals surface area contributed by atoms with Crippen molar-refractivity contribution in [2.24, 2.45) is 5.41 Å². The average molecular weight is 439 g/mol. The van der Waals surface area contributed by atoms with Crippen molar-refractivity contribution in [1.82, 2.24) is 10.2 Å². The number of carbonyl (C=O) groups excluding carboxylic acids is 2. The van der Waals surface area contributed by atoms with E-state index in [9.17, 15) is 14.0 Å². The van der Waals surface area contributed by atoms with Crippen molar-refractivity contribution in [3.63, 3.8) is 0 Å². The molecular weight excluding hydrogens is 415 g/mol. The monoisotopic (exact) mass is 438 g/mol. The SMILES string of the molecule is CC(C)N1C(=O)NC2(C1=O)c1cc(Br)ccc1CC21CCC(OCF)CC1. The number of ether oxygens (including phenoxy) is 1. The summed E-state index contributed by atoms with van der Waals surface area (Å²) < 4.78 is 18.7. The third-order valence-electron chi connectivity index (χ3n) is 6.56. The number of amides is 3. The summed E-state index contributed by atoms with van der Waals surface area (Å²) >= 11 is 3.52. The van der Waals surface area contributed by atoms with Crippen LogP contribution in [0, 0.1) is 5.41 Å². The predicted molar refractivity (Wildman–Crippen MR) is 102 cm³/mol. The molecule has 0 bridgehead atoms. The van der Waals surface area contributed by atoms with Crippen LogP contribution in [-0.2, 0) is 21.5 Å². The summed E-state index contributed by atoms with van der Waals surface area (Å²) in [5.74, 6) is -0.163. The minimum absolute atomic E-state index is 0.124. The molecule has 3 amide bonds. The van der Waals surface area contributed by atoms with E-state index in [4.69, 9.17) is 4.74 Å². The summed E-state index contributed by atoms with van der Waals surface area (Å²) in [5, 5.41) is 3.10. The lowest BCUT2D eigenvalue weighted by molar-refractivity contribution is -0.140. The number of carbonyl (C=O) groups is 2. The molecule has 1 aromatic rings. The van der Waals surface area contributed by atoms with E-state index >= 15 is 0 Å². The van der Waals surface area contributed by atoms with Gasteiger partial charge >= 0.3 is 6.03 Å². The summed E-state index contributed by atoms with van der Waals surface area (Å²) in [4.78, 5) is 27.8. The molecule has 146 valence electrons. The van der Waals surface area contributed by atoms with Crippen molar-refractivity contribution in [3.8, 4) is 0 Å². The molecule has 1 N–H and O–H groups in total. The quantitative estimate of drug-likeness (QED) is 0.724. The molecule has 5 nitrogen and oxygen atoms in total. The maximum Gasteiger partial charge on any atom is 0.325 e. The van der Waals surface area contributed by atoms with Crippen molar-refractivity contribution >= 4 is 27.9 Å². The second-order valence-electron chi connectivity index (χ2n) is 8.18. The fraction of sp³-hybridized carbons (Fsp3) is 0.600. The van der Waals surface area contributed by atoms with E-state index in [-0.39, 0.29) is 24.1 Å². The van der Waals surface area contributed by atoms with E-state index in [0.29, 0.717) is 25.7 Å². The lowest BCUT2D eigenvalue weighted by Crippen LogP contribution is -2.57. The summed E-state index contributed by atoms with van der Waals surface area (Å²) in [5.41, 5.74) is 0.544. The highest BCUT2D eigenvalue weighted by molar-refractivity contribution is 9.10. The molecule has 4 rings (SSSR count). The summed E-state index contributed by atoms with van der Waals surface area (Å²) in [6.07, 6.45) is 3.40. The van der Waals surface area contributed by atoms with Crippen LogP contribution in [0.5, 0.6) is 0 Å². The Morgan fingerprint density at radius 1 is 1.33 bits per heavy atom. The Balaban J connectivity index is 1.82. The molecule has 1 aliphatic heterocycles. The molecule has 1 saturated heterocycles. The number of rotatable bonds is 3. The average Bonchev–Trinajstić information content (AvgIpc) is 3.04. The Labute approximate surface area is 166 Å². The van der Waals surface area contributed by atoms with Gasteiger partial charge in [0.15, 0.2) is 12.4 Å². The molecule has 2 aliphatic carbocycles. The second-order valence-corrected chi connectivity index (χ2v) is 9.10. The van der Waals surface area contributed by atoms with Gasteiger partial charge in [0.25, 0.3) is 5.91 Å². The van der Waals surface area contributed by atoms with Crippen molar-refractivity contribution in [2.75, 3.05) is 6.86 Å². The molecule has 1 heterocycles. The van der Waals surface area contributed by atoms with Crippen molar-refractivity contribution in [2.45, 2.75) is 63.6 Å². The third-order valence-corrected chi connectivity index (χ3v) is 7.05. The number of nitrogens with one attached hydrogen (secondary N) is 1. The smallest absolute Gasteiger partial charge is 0.325 e. The van der Waals surface area contributed by atoms with E-state index < -0.39 is 17.8 Å². The number of benzene rings is 1. The minimum Gasteiger partial charge on any atom is -0.347 e. The van der Waals surface area contributed by atoms with E-state index in [1.165, 1.54) is 4.90 Å². The lowest BCUT2D eigenvalue weighted by Gasteiger charge is -2.46. The van der Waals surface area contributed by atoms with Crippen LogP contribution in [-0.4, -0.2) is 35.8 Å². The van der Waals surface area contributed by atoms with E-state index in [1.54, 1.807) is 0 Å². The Morgan fingerprint density at radius 3 is 2.63 bits per heavy atom. The van der Waals surface area contributed by atoms with Gasteiger partial charge in [-0.2, -0.15) is 0 Å². The van der Waals surface area contributed by atoms with E-state index in [1.807, 2.05) is 32.0 Å². The molecular formula is C20H24BrFN2O3. The van der Waals surface area contributed by atoms with Crippen LogP contribution in [0.15, 0.2) is 22.7 Å².